The molecule has 110 valence electrons. The monoisotopic (exact) mass is 297 g/mol. The van der Waals surface area contributed by atoms with Crippen LogP contribution in [0.4, 0.5) is 5.00 Å². The molecule has 0 saturated carbocycles. The highest BCUT2D eigenvalue weighted by atomic mass is 32.1. The normalized spacial score (nSPS) is 21.9. The van der Waals surface area contributed by atoms with E-state index in [1.165, 1.54) is 0 Å². The van der Waals surface area contributed by atoms with Gasteiger partial charge in [0.1, 0.15) is 10.6 Å². The molecule has 1 aromatic rings. The number of nitrogens with zero attached hydrogens (tertiary/aromatic N) is 1. The molecule has 2 rings (SSSR count). The molecule has 1 atom stereocenters. The lowest BCUT2D eigenvalue weighted by Crippen LogP contribution is -2.38. The first kappa shape index (κ1) is 14.9. The van der Waals surface area contributed by atoms with Crippen molar-refractivity contribution < 1.29 is 14.7 Å². The maximum Gasteiger partial charge on any atom is 0.340 e. The molecule has 1 aliphatic heterocycles. The number of aromatic nitrogens is 1. The van der Waals surface area contributed by atoms with Crippen LogP contribution in [0.15, 0.2) is 0 Å². The van der Waals surface area contributed by atoms with Gasteiger partial charge >= 0.3 is 5.97 Å². The molecule has 3 N–H and O–H groups in total. The second-order valence-corrected chi connectivity index (χ2v) is 5.96. The van der Waals surface area contributed by atoms with Crippen molar-refractivity contribution in [3.05, 3.63) is 11.3 Å². The molecule has 1 aliphatic rings. The number of hydrogen-bond acceptors (Lipinski definition) is 5. The first-order valence-corrected chi connectivity index (χ1v) is 7.49. The average molecular weight is 297 g/mol. The molecule has 0 aliphatic carbocycles. The van der Waals surface area contributed by atoms with E-state index in [0.717, 1.165) is 37.3 Å². The van der Waals surface area contributed by atoms with Gasteiger partial charge in [-0.05, 0) is 37.8 Å². The third-order valence-corrected chi connectivity index (χ3v) is 4.61. The number of aromatic carboxylic acids is 1. The van der Waals surface area contributed by atoms with E-state index in [9.17, 15) is 14.7 Å². The predicted octanol–water partition coefficient (Wildman–Crippen LogP) is 1.87. The number of carbonyl (C=O) groups excluding carboxylic acids is 1. The van der Waals surface area contributed by atoms with Crippen LogP contribution in [0.25, 0.3) is 0 Å². The van der Waals surface area contributed by atoms with Gasteiger partial charge in [-0.1, -0.05) is 13.3 Å². The zero-order valence-electron chi connectivity index (χ0n) is 11.7. The van der Waals surface area contributed by atoms with Crippen LogP contribution < -0.4 is 10.6 Å². The van der Waals surface area contributed by atoms with E-state index in [2.05, 4.69) is 15.0 Å². The van der Waals surface area contributed by atoms with Gasteiger partial charge in [0.2, 0.25) is 5.91 Å². The number of hydrogen-bond donors (Lipinski definition) is 3. The maximum absolute atomic E-state index is 12.5. The van der Waals surface area contributed by atoms with E-state index in [1.807, 2.05) is 6.92 Å². The summed E-state index contributed by atoms with van der Waals surface area (Å²) in [6.07, 6.45) is 2.50. The Hall–Kier alpha value is -1.47. The number of amides is 1. The lowest BCUT2D eigenvalue weighted by Gasteiger charge is -2.26. The Balaban J connectivity index is 2.21. The van der Waals surface area contributed by atoms with Gasteiger partial charge in [0.05, 0.1) is 11.1 Å². The topological polar surface area (TPSA) is 91.3 Å². The van der Waals surface area contributed by atoms with E-state index in [1.54, 1.807) is 6.92 Å². The highest BCUT2D eigenvalue weighted by Gasteiger charge is 2.40. The van der Waals surface area contributed by atoms with Crippen LogP contribution in [0.2, 0.25) is 0 Å². The summed E-state index contributed by atoms with van der Waals surface area (Å²) >= 11 is 1.03. The number of aryl methyl sites for hydroxylation is 1. The molecule has 0 bridgehead atoms. The SMILES string of the molecule is CCCC1(C(=O)Nc2snc(C)c2C(=O)O)CCNC1. The molecular weight excluding hydrogens is 278 g/mol. The number of carboxylic acids is 1. The quantitative estimate of drug-likeness (QED) is 0.771. The van der Waals surface area contributed by atoms with Crippen molar-refractivity contribution in [2.75, 3.05) is 18.4 Å². The first-order valence-electron chi connectivity index (χ1n) is 6.72. The van der Waals surface area contributed by atoms with Crippen molar-refractivity contribution in [1.82, 2.24) is 9.69 Å². The Morgan fingerprint density at radius 3 is 2.85 bits per heavy atom. The second-order valence-electron chi connectivity index (χ2n) is 5.19. The molecule has 6 nitrogen and oxygen atoms in total. The molecule has 1 unspecified atom stereocenters. The molecule has 20 heavy (non-hydrogen) atoms. The Kier molecular flexibility index (Phi) is 4.39. The molecule has 1 amide bonds. The summed E-state index contributed by atoms with van der Waals surface area (Å²) in [7, 11) is 0. The highest BCUT2D eigenvalue weighted by Crippen LogP contribution is 2.34. The lowest BCUT2D eigenvalue weighted by molar-refractivity contribution is -0.125. The summed E-state index contributed by atoms with van der Waals surface area (Å²) in [5.74, 6) is -1.16. The van der Waals surface area contributed by atoms with Crippen molar-refractivity contribution in [3.63, 3.8) is 0 Å². The fourth-order valence-electron chi connectivity index (χ4n) is 2.69. The predicted molar refractivity (Wildman–Crippen MR) is 77.3 cm³/mol. The van der Waals surface area contributed by atoms with Gasteiger partial charge in [-0.25, -0.2) is 4.79 Å². The summed E-state index contributed by atoms with van der Waals surface area (Å²) in [6.45, 7) is 5.15. The molecule has 2 heterocycles. The first-order chi connectivity index (χ1) is 9.50. The fraction of sp³-hybridized carbons (Fsp3) is 0.615. The molecule has 0 spiro atoms. The van der Waals surface area contributed by atoms with E-state index in [0.29, 0.717) is 17.2 Å². The molecule has 1 aromatic heterocycles. The minimum atomic E-state index is -1.05. The molecule has 0 aromatic carbocycles. The van der Waals surface area contributed by atoms with E-state index in [-0.39, 0.29) is 11.5 Å². The van der Waals surface area contributed by atoms with Gasteiger partial charge in [0.15, 0.2) is 0 Å². The van der Waals surface area contributed by atoms with Crippen LogP contribution in [0.5, 0.6) is 0 Å². The smallest absolute Gasteiger partial charge is 0.340 e. The summed E-state index contributed by atoms with van der Waals surface area (Å²) < 4.78 is 4.02. The Labute approximate surface area is 121 Å². The number of nitrogens with one attached hydrogen (secondary N) is 2. The van der Waals surface area contributed by atoms with Crippen molar-refractivity contribution in [2.24, 2.45) is 5.41 Å². The van der Waals surface area contributed by atoms with Crippen LogP contribution >= 0.6 is 11.5 Å². The highest BCUT2D eigenvalue weighted by molar-refractivity contribution is 7.11. The average Bonchev–Trinajstić information content (AvgIpc) is 2.98. The van der Waals surface area contributed by atoms with E-state index >= 15 is 0 Å². The van der Waals surface area contributed by atoms with Gasteiger partial charge in [0, 0.05) is 6.54 Å². The van der Waals surface area contributed by atoms with Crippen LogP contribution in [0.1, 0.15) is 42.2 Å². The van der Waals surface area contributed by atoms with Gasteiger partial charge in [0.25, 0.3) is 0 Å². The number of carboxylic acid groups (broad SMARTS) is 1. The van der Waals surface area contributed by atoms with Crippen molar-refractivity contribution >= 4 is 28.4 Å². The standard InChI is InChI=1S/C13H19N3O3S/c1-3-4-13(5-6-14-7-13)12(19)15-10-9(11(17)18)8(2)16-20-10/h14H,3-7H2,1-2H3,(H,15,19)(H,17,18). The molecule has 1 fully saturated rings. The zero-order chi connectivity index (χ0) is 14.8. The Morgan fingerprint density at radius 1 is 1.55 bits per heavy atom. The third-order valence-electron chi connectivity index (χ3n) is 3.76. The number of anilines is 1. The summed E-state index contributed by atoms with van der Waals surface area (Å²) in [5.41, 5.74) is 0.107. The molecule has 7 heteroatoms. The number of carbonyl (C=O) groups is 2. The van der Waals surface area contributed by atoms with Crippen molar-refractivity contribution in [1.29, 1.82) is 0 Å². The number of rotatable bonds is 5. The third kappa shape index (κ3) is 2.69. The van der Waals surface area contributed by atoms with Crippen molar-refractivity contribution in [3.8, 4) is 0 Å². The lowest BCUT2D eigenvalue weighted by atomic mass is 9.81. The molecule has 0 radical (unpaired) electrons. The minimum Gasteiger partial charge on any atom is -0.478 e. The molecular formula is C13H19N3O3S. The zero-order valence-corrected chi connectivity index (χ0v) is 12.5. The minimum absolute atomic E-state index is 0.0981. The summed E-state index contributed by atoms with van der Waals surface area (Å²) in [5, 5.41) is 15.5. The van der Waals surface area contributed by atoms with Crippen LogP contribution in [0.3, 0.4) is 0 Å². The van der Waals surface area contributed by atoms with Crippen molar-refractivity contribution in [2.45, 2.75) is 33.1 Å². The summed E-state index contributed by atoms with van der Waals surface area (Å²) in [4.78, 5) is 23.8. The van der Waals surface area contributed by atoms with Gasteiger partial charge < -0.3 is 15.7 Å². The van der Waals surface area contributed by atoms with Crippen LogP contribution in [-0.2, 0) is 4.79 Å². The van der Waals surface area contributed by atoms with Crippen LogP contribution in [-0.4, -0.2) is 34.4 Å². The Bertz CT molecular complexity index is 521. The van der Waals surface area contributed by atoms with E-state index in [4.69, 9.17) is 0 Å². The molecule has 1 saturated heterocycles. The summed E-state index contributed by atoms with van der Waals surface area (Å²) in [6, 6.07) is 0. The fourth-order valence-corrected chi connectivity index (χ4v) is 3.47. The van der Waals surface area contributed by atoms with Gasteiger partial charge in [-0.15, -0.1) is 0 Å². The van der Waals surface area contributed by atoms with Gasteiger partial charge in [-0.3, -0.25) is 4.79 Å². The maximum atomic E-state index is 12.5. The van der Waals surface area contributed by atoms with Crippen LogP contribution in [0, 0.1) is 12.3 Å². The largest absolute Gasteiger partial charge is 0.478 e. The Morgan fingerprint density at radius 2 is 2.30 bits per heavy atom. The van der Waals surface area contributed by atoms with E-state index < -0.39 is 11.4 Å². The van der Waals surface area contributed by atoms with Gasteiger partial charge in [-0.2, -0.15) is 4.37 Å². The second kappa shape index (κ2) is 5.88.